The van der Waals surface area contributed by atoms with Crippen LogP contribution in [0.25, 0.3) is 0 Å². The van der Waals surface area contributed by atoms with Gasteiger partial charge in [-0.2, -0.15) is 0 Å². The Morgan fingerprint density at radius 1 is 1.47 bits per heavy atom. The molecule has 0 aromatic rings. The molecule has 1 rings (SSSR count). The fourth-order valence-electron chi connectivity index (χ4n) is 1.50. The number of nitrogens with two attached hydrogens (primary N) is 1. The predicted octanol–water partition coefficient (Wildman–Crippen LogP) is 1.06. The number of ether oxygens (including phenoxy) is 3. The van der Waals surface area contributed by atoms with E-state index in [1.165, 1.54) is 5.57 Å². The van der Waals surface area contributed by atoms with Crippen LogP contribution in [0.15, 0.2) is 11.8 Å². The van der Waals surface area contributed by atoms with E-state index < -0.39 is 0 Å². The molecule has 2 N–H and O–H groups in total. The normalized spacial score (nSPS) is 18.1. The summed E-state index contributed by atoms with van der Waals surface area (Å²) >= 11 is 0. The maximum Gasteiger partial charge on any atom is 0.0876 e. The van der Waals surface area contributed by atoms with Crippen LogP contribution in [-0.4, -0.2) is 39.6 Å². The summed E-state index contributed by atoms with van der Waals surface area (Å²) in [5.41, 5.74) is 7.21. The minimum atomic E-state index is 0.0767. The zero-order valence-corrected chi connectivity index (χ0v) is 9.41. The van der Waals surface area contributed by atoms with Gasteiger partial charge in [0.05, 0.1) is 26.1 Å². The highest BCUT2D eigenvalue weighted by molar-refractivity contribution is 5.08. The molecule has 1 aliphatic rings. The van der Waals surface area contributed by atoms with Crippen molar-refractivity contribution in [2.24, 2.45) is 5.73 Å². The highest BCUT2D eigenvalue weighted by Crippen LogP contribution is 2.16. The average Bonchev–Trinajstić information content (AvgIpc) is 2.30. The predicted molar refractivity (Wildman–Crippen MR) is 58.6 cm³/mol. The van der Waals surface area contributed by atoms with Crippen molar-refractivity contribution in [2.75, 3.05) is 33.5 Å². The van der Waals surface area contributed by atoms with Crippen molar-refractivity contribution in [1.82, 2.24) is 0 Å². The Balaban J connectivity index is 2.07. The zero-order valence-electron chi connectivity index (χ0n) is 9.41. The van der Waals surface area contributed by atoms with Gasteiger partial charge in [0.25, 0.3) is 0 Å². The topological polar surface area (TPSA) is 53.7 Å². The summed E-state index contributed by atoms with van der Waals surface area (Å²) in [6, 6.07) is 0.0767. The van der Waals surface area contributed by atoms with Gasteiger partial charge in [0.1, 0.15) is 0 Å². The Kier molecular flexibility index (Phi) is 6.39. The zero-order chi connectivity index (χ0) is 10.9. The van der Waals surface area contributed by atoms with Gasteiger partial charge in [-0.1, -0.05) is 0 Å². The molecule has 0 amide bonds. The van der Waals surface area contributed by atoms with Gasteiger partial charge in [-0.05, 0) is 24.8 Å². The van der Waals surface area contributed by atoms with Crippen molar-refractivity contribution in [3.05, 3.63) is 11.8 Å². The summed E-state index contributed by atoms with van der Waals surface area (Å²) in [6.07, 6.45) is 4.78. The molecule has 0 saturated carbocycles. The van der Waals surface area contributed by atoms with Crippen molar-refractivity contribution >= 4 is 0 Å². The van der Waals surface area contributed by atoms with Gasteiger partial charge in [-0.25, -0.2) is 0 Å². The highest BCUT2D eigenvalue weighted by Gasteiger charge is 2.12. The van der Waals surface area contributed by atoms with E-state index >= 15 is 0 Å². The Morgan fingerprint density at radius 3 is 3.00 bits per heavy atom. The first-order valence-corrected chi connectivity index (χ1v) is 5.47. The second kappa shape index (κ2) is 7.68. The SMILES string of the molecule is COCCOCCC(N)C1=COCCC1. The Morgan fingerprint density at radius 2 is 2.33 bits per heavy atom. The molecule has 1 unspecified atom stereocenters. The number of hydrogen-bond donors (Lipinski definition) is 1. The summed E-state index contributed by atoms with van der Waals surface area (Å²) in [4.78, 5) is 0. The lowest BCUT2D eigenvalue weighted by Gasteiger charge is -2.19. The summed E-state index contributed by atoms with van der Waals surface area (Å²) in [7, 11) is 1.67. The van der Waals surface area contributed by atoms with E-state index in [-0.39, 0.29) is 6.04 Å². The summed E-state index contributed by atoms with van der Waals surface area (Å²) in [6.45, 7) is 2.78. The summed E-state index contributed by atoms with van der Waals surface area (Å²) in [5.74, 6) is 0. The lowest BCUT2D eigenvalue weighted by molar-refractivity contribution is 0.0678. The highest BCUT2D eigenvalue weighted by atomic mass is 16.5. The van der Waals surface area contributed by atoms with E-state index in [0.717, 1.165) is 25.9 Å². The van der Waals surface area contributed by atoms with Crippen molar-refractivity contribution in [2.45, 2.75) is 25.3 Å². The molecule has 0 aromatic carbocycles. The van der Waals surface area contributed by atoms with Crippen LogP contribution in [0.3, 0.4) is 0 Å². The molecule has 0 fully saturated rings. The number of rotatable bonds is 7. The van der Waals surface area contributed by atoms with Crippen molar-refractivity contribution in [3.8, 4) is 0 Å². The molecule has 0 aliphatic carbocycles. The van der Waals surface area contributed by atoms with Gasteiger partial charge in [-0.15, -0.1) is 0 Å². The Labute approximate surface area is 91.4 Å². The van der Waals surface area contributed by atoms with Gasteiger partial charge >= 0.3 is 0 Å². The van der Waals surface area contributed by atoms with Crippen molar-refractivity contribution in [1.29, 1.82) is 0 Å². The van der Waals surface area contributed by atoms with Crippen LogP contribution in [0.1, 0.15) is 19.3 Å². The first kappa shape index (κ1) is 12.5. The van der Waals surface area contributed by atoms with E-state index in [1.807, 2.05) is 6.26 Å². The molecule has 15 heavy (non-hydrogen) atoms. The molecule has 0 saturated heterocycles. The van der Waals surface area contributed by atoms with Crippen LogP contribution < -0.4 is 5.73 Å². The molecule has 1 heterocycles. The molecule has 0 bridgehead atoms. The maximum absolute atomic E-state index is 6.00. The molecule has 0 aromatic heterocycles. The minimum absolute atomic E-state index is 0.0767. The third-order valence-electron chi connectivity index (χ3n) is 2.44. The third-order valence-corrected chi connectivity index (χ3v) is 2.44. The fourth-order valence-corrected chi connectivity index (χ4v) is 1.50. The third kappa shape index (κ3) is 5.16. The first-order valence-electron chi connectivity index (χ1n) is 5.47. The van der Waals surface area contributed by atoms with E-state index in [0.29, 0.717) is 19.8 Å². The van der Waals surface area contributed by atoms with Crippen LogP contribution in [0.5, 0.6) is 0 Å². The maximum atomic E-state index is 6.00. The summed E-state index contributed by atoms with van der Waals surface area (Å²) < 4.78 is 15.5. The van der Waals surface area contributed by atoms with E-state index in [9.17, 15) is 0 Å². The van der Waals surface area contributed by atoms with Gasteiger partial charge in [0.2, 0.25) is 0 Å². The quantitative estimate of drug-likeness (QED) is 0.645. The molecule has 88 valence electrons. The lowest BCUT2D eigenvalue weighted by atomic mass is 10.0. The fraction of sp³-hybridized carbons (Fsp3) is 0.818. The van der Waals surface area contributed by atoms with Crippen molar-refractivity contribution < 1.29 is 14.2 Å². The molecule has 4 heteroatoms. The Bertz CT molecular complexity index is 194. The van der Waals surface area contributed by atoms with Crippen LogP contribution >= 0.6 is 0 Å². The minimum Gasteiger partial charge on any atom is -0.501 e. The second-order valence-corrected chi connectivity index (χ2v) is 3.67. The number of methoxy groups -OCH3 is 1. The molecule has 1 atom stereocenters. The molecular formula is C11H21NO3. The molecule has 0 radical (unpaired) electrons. The second-order valence-electron chi connectivity index (χ2n) is 3.67. The van der Waals surface area contributed by atoms with Crippen LogP contribution in [-0.2, 0) is 14.2 Å². The van der Waals surface area contributed by atoms with E-state index in [2.05, 4.69) is 0 Å². The molecule has 4 nitrogen and oxygen atoms in total. The summed E-state index contributed by atoms with van der Waals surface area (Å²) in [5, 5.41) is 0. The first-order chi connectivity index (χ1) is 7.34. The lowest BCUT2D eigenvalue weighted by Crippen LogP contribution is -2.26. The standard InChI is InChI=1S/C11H21NO3/c1-13-7-8-14-6-4-11(12)10-3-2-5-15-9-10/h9,11H,2-8,12H2,1H3. The molecular weight excluding hydrogens is 194 g/mol. The smallest absolute Gasteiger partial charge is 0.0876 e. The van der Waals surface area contributed by atoms with E-state index in [1.54, 1.807) is 7.11 Å². The monoisotopic (exact) mass is 215 g/mol. The van der Waals surface area contributed by atoms with Crippen LogP contribution in [0.4, 0.5) is 0 Å². The largest absolute Gasteiger partial charge is 0.501 e. The number of hydrogen-bond acceptors (Lipinski definition) is 4. The van der Waals surface area contributed by atoms with Gasteiger partial charge in [0, 0.05) is 19.8 Å². The van der Waals surface area contributed by atoms with Gasteiger partial charge in [0.15, 0.2) is 0 Å². The molecule has 1 aliphatic heterocycles. The van der Waals surface area contributed by atoms with E-state index in [4.69, 9.17) is 19.9 Å². The van der Waals surface area contributed by atoms with Gasteiger partial charge in [-0.3, -0.25) is 0 Å². The average molecular weight is 215 g/mol. The Hall–Kier alpha value is -0.580. The van der Waals surface area contributed by atoms with Crippen molar-refractivity contribution in [3.63, 3.8) is 0 Å². The van der Waals surface area contributed by atoms with Gasteiger partial charge < -0.3 is 19.9 Å². The van der Waals surface area contributed by atoms with Crippen LogP contribution in [0.2, 0.25) is 0 Å². The molecule has 0 spiro atoms. The van der Waals surface area contributed by atoms with Crippen LogP contribution in [0, 0.1) is 0 Å².